The van der Waals surface area contributed by atoms with Crippen LogP contribution in [0.4, 0.5) is 4.39 Å². The van der Waals surface area contributed by atoms with Gasteiger partial charge in [-0.15, -0.1) is 0 Å². The zero-order valence-corrected chi connectivity index (χ0v) is 14.1. The van der Waals surface area contributed by atoms with Crippen LogP contribution in [0.5, 0.6) is 0 Å². The topological polar surface area (TPSA) is 101 Å². The molecule has 0 aliphatic carbocycles. The monoisotopic (exact) mass is 357 g/mol. The summed E-state index contributed by atoms with van der Waals surface area (Å²) >= 11 is 0. The number of primary amides is 1. The Morgan fingerprint density at radius 2 is 1.65 bits per heavy atom. The summed E-state index contributed by atoms with van der Waals surface area (Å²) in [5.74, 6) is -2.05. The SMILES string of the molecule is NC(=O)C(Cc1ccccc1)NC(=O)CNC(=O)Cc1cccc(F)c1. The van der Waals surface area contributed by atoms with Crippen LogP contribution in [-0.4, -0.2) is 30.3 Å². The molecule has 1 unspecified atom stereocenters. The number of carbonyl (C=O) groups is 3. The third-order valence-electron chi connectivity index (χ3n) is 3.66. The van der Waals surface area contributed by atoms with E-state index < -0.39 is 29.6 Å². The van der Waals surface area contributed by atoms with Crippen LogP contribution in [0.1, 0.15) is 11.1 Å². The molecule has 2 aromatic rings. The van der Waals surface area contributed by atoms with Crippen molar-refractivity contribution >= 4 is 17.7 Å². The molecule has 0 aromatic heterocycles. The van der Waals surface area contributed by atoms with Gasteiger partial charge in [0.25, 0.3) is 0 Å². The van der Waals surface area contributed by atoms with E-state index in [-0.39, 0.29) is 19.4 Å². The molecule has 26 heavy (non-hydrogen) atoms. The molecule has 4 N–H and O–H groups in total. The number of hydrogen-bond acceptors (Lipinski definition) is 3. The van der Waals surface area contributed by atoms with Crippen molar-refractivity contribution in [2.24, 2.45) is 5.73 Å². The first kappa shape index (κ1) is 19.1. The summed E-state index contributed by atoms with van der Waals surface area (Å²) in [6.45, 7) is -0.299. The van der Waals surface area contributed by atoms with Gasteiger partial charge in [-0.1, -0.05) is 42.5 Å². The molecule has 0 radical (unpaired) electrons. The summed E-state index contributed by atoms with van der Waals surface area (Å²) in [5.41, 5.74) is 6.68. The van der Waals surface area contributed by atoms with E-state index in [2.05, 4.69) is 10.6 Å². The fraction of sp³-hybridized carbons (Fsp3) is 0.211. The van der Waals surface area contributed by atoms with E-state index in [4.69, 9.17) is 5.73 Å². The number of amides is 3. The first-order valence-corrected chi connectivity index (χ1v) is 8.08. The fourth-order valence-electron chi connectivity index (χ4n) is 2.39. The standard InChI is InChI=1S/C19H20FN3O3/c20-15-8-4-7-14(9-15)11-17(24)22-12-18(25)23-16(19(21)26)10-13-5-2-1-3-6-13/h1-9,16H,10-12H2,(H2,21,26)(H,22,24)(H,23,25). The summed E-state index contributed by atoms with van der Waals surface area (Å²) < 4.78 is 13.1. The number of rotatable bonds is 8. The Balaban J connectivity index is 1.82. The molecule has 0 saturated carbocycles. The minimum absolute atomic E-state index is 0.0473. The van der Waals surface area contributed by atoms with Crippen molar-refractivity contribution < 1.29 is 18.8 Å². The van der Waals surface area contributed by atoms with Gasteiger partial charge in [0.1, 0.15) is 11.9 Å². The number of nitrogens with two attached hydrogens (primary N) is 1. The van der Waals surface area contributed by atoms with Crippen LogP contribution < -0.4 is 16.4 Å². The molecular formula is C19H20FN3O3. The van der Waals surface area contributed by atoms with E-state index in [0.717, 1.165) is 5.56 Å². The molecule has 2 aromatic carbocycles. The van der Waals surface area contributed by atoms with Gasteiger partial charge >= 0.3 is 0 Å². The van der Waals surface area contributed by atoms with E-state index in [1.165, 1.54) is 18.2 Å². The summed E-state index contributed by atoms with van der Waals surface area (Å²) in [4.78, 5) is 35.3. The summed E-state index contributed by atoms with van der Waals surface area (Å²) in [7, 11) is 0. The van der Waals surface area contributed by atoms with E-state index in [1.54, 1.807) is 6.07 Å². The number of halogens is 1. The lowest BCUT2D eigenvalue weighted by Crippen LogP contribution is -2.49. The minimum Gasteiger partial charge on any atom is -0.368 e. The van der Waals surface area contributed by atoms with E-state index in [0.29, 0.717) is 5.56 Å². The van der Waals surface area contributed by atoms with Crippen LogP contribution in [0.15, 0.2) is 54.6 Å². The average molecular weight is 357 g/mol. The molecule has 0 bridgehead atoms. The second-order valence-corrected chi connectivity index (χ2v) is 5.80. The predicted molar refractivity (Wildman–Crippen MR) is 94.4 cm³/mol. The Morgan fingerprint density at radius 1 is 0.962 bits per heavy atom. The largest absolute Gasteiger partial charge is 0.368 e. The Bertz CT molecular complexity index is 781. The summed E-state index contributed by atoms with van der Waals surface area (Å²) in [5, 5.41) is 4.94. The molecule has 1 atom stereocenters. The maximum absolute atomic E-state index is 13.1. The van der Waals surface area contributed by atoms with E-state index in [9.17, 15) is 18.8 Å². The molecule has 3 amide bonds. The molecule has 0 heterocycles. The van der Waals surface area contributed by atoms with Crippen LogP contribution in [-0.2, 0) is 27.2 Å². The molecule has 0 saturated heterocycles. The van der Waals surface area contributed by atoms with Gasteiger partial charge in [-0.3, -0.25) is 14.4 Å². The number of nitrogens with one attached hydrogen (secondary N) is 2. The van der Waals surface area contributed by atoms with E-state index >= 15 is 0 Å². The molecule has 2 rings (SSSR count). The molecule has 6 nitrogen and oxygen atoms in total. The lowest BCUT2D eigenvalue weighted by atomic mass is 10.1. The third kappa shape index (κ3) is 6.35. The van der Waals surface area contributed by atoms with Gasteiger partial charge in [-0.25, -0.2) is 4.39 Å². The maximum atomic E-state index is 13.1. The first-order valence-electron chi connectivity index (χ1n) is 8.08. The molecule has 7 heteroatoms. The minimum atomic E-state index is -0.870. The maximum Gasteiger partial charge on any atom is 0.240 e. The van der Waals surface area contributed by atoms with Crippen molar-refractivity contribution in [1.82, 2.24) is 10.6 Å². The zero-order chi connectivity index (χ0) is 18.9. The third-order valence-corrected chi connectivity index (χ3v) is 3.66. The molecule has 0 aliphatic heterocycles. The Kier molecular flexibility index (Phi) is 6.84. The van der Waals surface area contributed by atoms with Gasteiger partial charge in [-0.2, -0.15) is 0 Å². The highest BCUT2D eigenvalue weighted by atomic mass is 19.1. The molecule has 0 aliphatic rings. The molecule has 0 spiro atoms. The predicted octanol–water partition coefficient (Wildman–Crippen LogP) is 0.697. The van der Waals surface area contributed by atoms with Gasteiger partial charge in [-0.05, 0) is 23.3 Å². The van der Waals surface area contributed by atoms with Crippen LogP contribution in [0.25, 0.3) is 0 Å². The zero-order valence-electron chi connectivity index (χ0n) is 14.1. The van der Waals surface area contributed by atoms with Crippen molar-refractivity contribution in [3.8, 4) is 0 Å². The van der Waals surface area contributed by atoms with Crippen molar-refractivity contribution in [2.75, 3.05) is 6.54 Å². The van der Waals surface area contributed by atoms with Gasteiger partial charge in [0.05, 0.1) is 13.0 Å². The molecule has 136 valence electrons. The Labute approximate surface area is 150 Å². The molecular weight excluding hydrogens is 337 g/mol. The highest BCUT2D eigenvalue weighted by Gasteiger charge is 2.18. The molecule has 0 fully saturated rings. The van der Waals surface area contributed by atoms with Gasteiger partial charge < -0.3 is 16.4 Å². The second-order valence-electron chi connectivity index (χ2n) is 5.80. The van der Waals surface area contributed by atoms with Crippen molar-refractivity contribution in [3.63, 3.8) is 0 Å². The van der Waals surface area contributed by atoms with Gasteiger partial charge in [0.15, 0.2) is 0 Å². The second kappa shape index (κ2) is 9.31. The lowest BCUT2D eigenvalue weighted by molar-refractivity contribution is -0.128. The lowest BCUT2D eigenvalue weighted by Gasteiger charge is -2.16. The number of benzene rings is 2. The normalized spacial score (nSPS) is 11.4. The smallest absolute Gasteiger partial charge is 0.240 e. The van der Waals surface area contributed by atoms with Crippen molar-refractivity contribution in [1.29, 1.82) is 0 Å². The first-order chi connectivity index (χ1) is 12.4. The van der Waals surface area contributed by atoms with Crippen LogP contribution in [0.2, 0.25) is 0 Å². The van der Waals surface area contributed by atoms with Crippen molar-refractivity contribution in [2.45, 2.75) is 18.9 Å². The Morgan fingerprint density at radius 3 is 2.31 bits per heavy atom. The van der Waals surface area contributed by atoms with E-state index in [1.807, 2.05) is 30.3 Å². The van der Waals surface area contributed by atoms with Crippen LogP contribution in [0.3, 0.4) is 0 Å². The highest BCUT2D eigenvalue weighted by Crippen LogP contribution is 2.04. The van der Waals surface area contributed by atoms with Crippen LogP contribution >= 0.6 is 0 Å². The quantitative estimate of drug-likeness (QED) is 0.648. The average Bonchev–Trinajstić information content (AvgIpc) is 2.60. The van der Waals surface area contributed by atoms with Gasteiger partial charge in [0, 0.05) is 6.42 Å². The van der Waals surface area contributed by atoms with Gasteiger partial charge in [0.2, 0.25) is 17.7 Å². The fourth-order valence-corrected chi connectivity index (χ4v) is 2.39. The van der Waals surface area contributed by atoms with Crippen molar-refractivity contribution in [3.05, 3.63) is 71.5 Å². The number of hydrogen-bond donors (Lipinski definition) is 3. The highest BCUT2D eigenvalue weighted by molar-refractivity contribution is 5.90. The van der Waals surface area contributed by atoms with Crippen LogP contribution in [0, 0.1) is 5.82 Å². The number of carbonyl (C=O) groups excluding carboxylic acids is 3. The summed E-state index contributed by atoms with van der Waals surface area (Å²) in [6.07, 6.45) is 0.216. The summed E-state index contributed by atoms with van der Waals surface area (Å²) in [6, 6.07) is 13.9. The Hall–Kier alpha value is -3.22.